The van der Waals surface area contributed by atoms with Crippen LogP contribution in [0, 0.1) is 0 Å². The molecule has 1 aromatic carbocycles. The van der Waals surface area contributed by atoms with Gasteiger partial charge < -0.3 is 14.5 Å². The Balaban J connectivity index is 1.97. The van der Waals surface area contributed by atoms with E-state index in [2.05, 4.69) is 17.1 Å². The number of likely N-dealkylation sites (tertiary alicyclic amines) is 1. The van der Waals surface area contributed by atoms with Crippen molar-refractivity contribution in [1.29, 1.82) is 0 Å². The Morgan fingerprint density at radius 1 is 1.26 bits per heavy atom. The van der Waals surface area contributed by atoms with E-state index < -0.39 is 11.7 Å². The number of rotatable bonds is 5. The number of carbonyl (C=O) groups excluding carboxylic acids is 2. The van der Waals surface area contributed by atoms with Crippen LogP contribution in [-0.2, 0) is 4.74 Å². The highest BCUT2D eigenvalue weighted by Crippen LogP contribution is 2.20. The van der Waals surface area contributed by atoms with E-state index in [9.17, 15) is 9.59 Å². The van der Waals surface area contributed by atoms with Crippen LogP contribution in [0.15, 0.2) is 24.3 Å². The molecule has 0 saturated carbocycles. The SMILES string of the molecule is CCCN1CCC(N(C)C(=O)c2cccc(NC(=O)OC(C)(C)C)c2)CC1. The number of carbonyl (C=O) groups is 2. The number of nitrogens with one attached hydrogen (secondary N) is 1. The normalized spacial score (nSPS) is 16.0. The zero-order valence-corrected chi connectivity index (χ0v) is 17.2. The molecule has 1 fully saturated rings. The van der Waals surface area contributed by atoms with Gasteiger partial charge in [0.1, 0.15) is 5.60 Å². The van der Waals surface area contributed by atoms with Crippen molar-refractivity contribution in [2.45, 2.75) is 58.6 Å². The van der Waals surface area contributed by atoms with Gasteiger partial charge in [-0.3, -0.25) is 10.1 Å². The topological polar surface area (TPSA) is 61.9 Å². The first kappa shape index (κ1) is 21.2. The lowest BCUT2D eigenvalue weighted by atomic mass is 10.0. The Morgan fingerprint density at radius 2 is 1.93 bits per heavy atom. The summed E-state index contributed by atoms with van der Waals surface area (Å²) in [4.78, 5) is 29.1. The van der Waals surface area contributed by atoms with Crippen LogP contribution in [0.1, 0.15) is 57.3 Å². The lowest BCUT2D eigenvalue weighted by Crippen LogP contribution is -2.45. The second-order valence-electron chi connectivity index (χ2n) is 8.20. The molecular formula is C21H33N3O3. The van der Waals surface area contributed by atoms with Crippen LogP contribution in [0.3, 0.4) is 0 Å². The monoisotopic (exact) mass is 375 g/mol. The van der Waals surface area contributed by atoms with Gasteiger partial charge in [-0.05, 0) is 64.8 Å². The minimum atomic E-state index is -0.565. The Hall–Kier alpha value is -2.08. The Bertz CT molecular complexity index is 646. The van der Waals surface area contributed by atoms with Crippen LogP contribution >= 0.6 is 0 Å². The Kier molecular flexibility index (Phi) is 7.25. The van der Waals surface area contributed by atoms with Gasteiger partial charge in [0.15, 0.2) is 0 Å². The number of nitrogens with zero attached hydrogens (tertiary/aromatic N) is 2. The van der Waals surface area contributed by atoms with E-state index in [4.69, 9.17) is 4.74 Å². The van der Waals surface area contributed by atoms with Gasteiger partial charge in [0.05, 0.1) is 0 Å². The summed E-state index contributed by atoms with van der Waals surface area (Å²) in [6.07, 6.45) is 2.64. The van der Waals surface area contributed by atoms with Crippen molar-refractivity contribution in [3.63, 3.8) is 0 Å². The van der Waals surface area contributed by atoms with Crippen molar-refractivity contribution in [3.05, 3.63) is 29.8 Å². The highest BCUT2D eigenvalue weighted by molar-refractivity contribution is 5.96. The van der Waals surface area contributed by atoms with E-state index in [0.29, 0.717) is 11.3 Å². The van der Waals surface area contributed by atoms with Crippen LogP contribution in [0.2, 0.25) is 0 Å². The molecule has 2 amide bonds. The van der Waals surface area contributed by atoms with E-state index in [0.717, 1.165) is 38.9 Å². The molecule has 0 radical (unpaired) electrons. The Labute approximate surface area is 162 Å². The van der Waals surface area contributed by atoms with E-state index >= 15 is 0 Å². The van der Waals surface area contributed by atoms with Gasteiger partial charge in [-0.2, -0.15) is 0 Å². The molecule has 150 valence electrons. The molecule has 0 bridgehead atoms. The molecule has 1 aromatic rings. The first-order chi connectivity index (χ1) is 12.7. The third-order valence-electron chi connectivity index (χ3n) is 4.72. The fraction of sp³-hybridized carbons (Fsp3) is 0.619. The van der Waals surface area contributed by atoms with Crippen molar-refractivity contribution in [1.82, 2.24) is 9.80 Å². The number of ether oxygens (including phenoxy) is 1. The van der Waals surface area contributed by atoms with E-state index in [1.54, 1.807) is 24.3 Å². The van der Waals surface area contributed by atoms with Gasteiger partial charge in [-0.1, -0.05) is 13.0 Å². The van der Waals surface area contributed by atoms with E-state index in [1.165, 1.54) is 0 Å². The predicted molar refractivity (Wildman–Crippen MR) is 108 cm³/mol. The zero-order chi connectivity index (χ0) is 20.0. The summed E-state index contributed by atoms with van der Waals surface area (Å²) in [6, 6.07) is 7.27. The number of piperidine rings is 1. The molecule has 1 saturated heterocycles. The second kappa shape index (κ2) is 9.22. The average molecular weight is 376 g/mol. The van der Waals surface area contributed by atoms with Gasteiger partial charge in [-0.15, -0.1) is 0 Å². The first-order valence-electron chi connectivity index (χ1n) is 9.79. The minimum Gasteiger partial charge on any atom is -0.444 e. The third-order valence-corrected chi connectivity index (χ3v) is 4.72. The van der Waals surface area contributed by atoms with E-state index in [-0.39, 0.29) is 11.9 Å². The van der Waals surface area contributed by atoms with Crippen molar-refractivity contribution in [2.75, 3.05) is 32.0 Å². The predicted octanol–water partition coefficient (Wildman–Crippen LogP) is 3.98. The van der Waals surface area contributed by atoms with Crippen LogP contribution < -0.4 is 5.32 Å². The largest absolute Gasteiger partial charge is 0.444 e. The standard InChI is InChI=1S/C21H33N3O3/c1-6-12-24-13-10-18(11-14-24)23(5)19(25)16-8-7-9-17(15-16)22-20(26)27-21(2,3)4/h7-9,15,18H,6,10-14H2,1-5H3,(H,22,26). The summed E-state index contributed by atoms with van der Waals surface area (Å²) in [5.74, 6) is -0.0169. The summed E-state index contributed by atoms with van der Waals surface area (Å²) in [5, 5.41) is 2.69. The summed E-state index contributed by atoms with van der Waals surface area (Å²) in [5.41, 5.74) is 0.563. The lowest BCUT2D eigenvalue weighted by Gasteiger charge is -2.36. The molecule has 0 aliphatic carbocycles. The number of benzene rings is 1. The average Bonchev–Trinajstić information content (AvgIpc) is 2.60. The first-order valence-corrected chi connectivity index (χ1v) is 9.79. The quantitative estimate of drug-likeness (QED) is 0.846. The molecule has 6 nitrogen and oxygen atoms in total. The van der Waals surface area contributed by atoms with Gasteiger partial charge in [0, 0.05) is 37.4 Å². The number of anilines is 1. The van der Waals surface area contributed by atoms with Crippen LogP contribution in [0.4, 0.5) is 10.5 Å². The van der Waals surface area contributed by atoms with Crippen molar-refractivity contribution in [3.8, 4) is 0 Å². The summed E-state index contributed by atoms with van der Waals surface area (Å²) in [7, 11) is 1.87. The van der Waals surface area contributed by atoms with Crippen LogP contribution in [0.25, 0.3) is 0 Å². The highest BCUT2D eigenvalue weighted by atomic mass is 16.6. The molecule has 0 aromatic heterocycles. The highest BCUT2D eigenvalue weighted by Gasteiger charge is 2.26. The molecular weight excluding hydrogens is 342 g/mol. The van der Waals surface area contributed by atoms with Gasteiger partial charge in [0.2, 0.25) is 0 Å². The minimum absolute atomic E-state index is 0.0169. The van der Waals surface area contributed by atoms with Crippen LogP contribution in [0.5, 0.6) is 0 Å². The maximum atomic E-state index is 12.9. The van der Waals surface area contributed by atoms with Crippen molar-refractivity contribution < 1.29 is 14.3 Å². The fourth-order valence-corrected chi connectivity index (χ4v) is 3.37. The summed E-state index contributed by atoms with van der Waals surface area (Å²) in [6.45, 7) is 10.8. The van der Waals surface area contributed by atoms with Crippen molar-refractivity contribution in [2.24, 2.45) is 0 Å². The number of hydrogen-bond donors (Lipinski definition) is 1. The third kappa shape index (κ3) is 6.54. The fourth-order valence-electron chi connectivity index (χ4n) is 3.37. The molecule has 0 spiro atoms. The lowest BCUT2D eigenvalue weighted by molar-refractivity contribution is 0.0627. The smallest absolute Gasteiger partial charge is 0.412 e. The molecule has 1 aliphatic rings. The second-order valence-corrected chi connectivity index (χ2v) is 8.20. The summed E-state index contributed by atoms with van der Waals surface area (Å²) < 4.78 is 5.26. The zero-order valence-electron chi connectivity index (χ0n) is 17.2. The van der Waals surface area contributed by atoms with Crippen molar-refractivity contribution >= 4 is 17.7 Å². The molecule has 1 heterocycles. The Morgan fingerprint density at radius 3 is 2.52 bits per heavy atom. The molecule has 0 atom stereocenters. The molecule has 0 unspecified atom stereocenters. The molecule has 1 N–H and O–H groups in total. The number of amides is 2. The molecule has 2 rings (SSSR count). The molecule has 27 heavy (non-hydrogen) atoms. The van der Waals surface area contributed by atoms with Gasteiger partial charge in [-0.25, -0.2) is 4.79 Å². The van der Waals surface area contributed by atoms with Gasteiger partial charge >= 0.3 is 6.09 Å². The van der Waals surface area contributed by atoms with Gasteiger partial charge in [0.25, 0.3) is 5.91 Å². The number of hydrogen-bond acceptors (Lipinski definition) is 4. The van der Waals surface area contributed by atoms with E-state index in [1.807, 2.05) is 32.7 Å². The maximum absolute atomic E-state index is 12.9. The molecule has 6 heteroatoms. The van der Waals surface area contributed by atoms with Crippen LogP contribution in [-0.4, -0.2) is 60.1 Å². The maximum Gasteiger partial charge on any atom is 0.412 e. The summed E-state index contributed by atoms with van der Waals surface area (Å²) >= 11 is 0. The molecule has 1 aliphatic heterocycles.